The summed E-state index contributed by atoms with van der Waals surface area (Å²) in [5.74, 6) is 1.04. The topological polar surface area (TPSA) is 85.9 Å². The fourth-order valence-electron chi connectivity index (χ4n) is 6.64. The third-order valence-electron chi connectivity index (χ3n) is 7.79. The molecule has 3 aliphatic rings. The Labute approximate surface area is 190 Å². The molecule has 2 fully saturated rings. The van der Waals surface area contributed by atoms with Gasteiger partial charge in [-0.2, -0.15) is 0 Å². The highest BCUT2D eigenvalue weighted by Gasteiger charge is 2.70. The summed E-state index contributed by atoms with van der Waals surface area (Å²) in [4.78, 5) is 26.4. The van der Waals surface area contributed by atoms with E-state index >= 15 is 0 Å². The van der Waals surface area contributed by atoms with Crippen molar-refractivity contribution >= 4 is 11.9 Å². The van der Waals surface area contributed by atoms with Gasteiger partial charge in [0.05, 0.1) is 26.8 Å². The van der Waals surface area contributed by atoms with Crippen LogP contribution < -0.4 is 20.1 Å². The van der Waals surface area contributed by atoms with Crippen LogP contribution in [0.4, 0.5) is 0 Å². The first-order chi connectivity index (χ1) is 15.1. The molecule has 0 aromatic heterocycles. The van der Waals surface area contributed by atoms with Gasteiger partial charge in [-0.05, 0) is 42.9 Å². The van der Waals surface area contributed by atoms with Gasteiger partial charge in [0.25, 0.3) is 0 Å². The summed E-state index contributed by atoms with van der Waals surface area (Å²) in [6.07, 6.45) is 2.23. The van der Waals surface area contributed by atoms with Gasteiger partial charge in [0.2, 0.25) is 5.91 Å². The summed E-state index contributed by atoms with van der Waals surface area (Å²) < 4.78 is 18.0. The summed E-state index contributed by atoms with van der Waals surface area (Å²) in [6, 6.07) is 1.66. The van der Waals surface area contributed by atoms with Gasteiger partial charge in [0, 0.05) is 17.0 Å². The largest absolute Gasteiger partial charge is 0.493 e. The van der Waals surface area contributed by atoms with E-state index in [4.69, 9.17) is 14.2 Å². The van der Waals surface area contributed by atoms with Crippen molar-refractivity contribution in [2.24, 2.45) is 11.3 Å². The number of hydrogen-bond acceptors (Lipinski definition) is 6. The number of amides is 1. The van der Waals surface area contributed by atoms with E-state index < -0.39 is 17.6 Å². The van der Waals surface area contributed by atoms with Crippen molar-refractivity contribution < 1.29 is 23.8 Å². The zero-order chi connectivity index (χ0) is 23.4. The third kappa shape index (κ3) is 3.04. The molecule has 4 atom stereocenters. The molecule has 1 saturated heterocycles. The van der Waals surface area contributed by atoms with Crippen LogP contribution in [0, 0.1) is 11.3 Å². The predicted molar refractivity (Wildman–Crippen MR) is 121 cm³/mol. The minimum Gasteiger partial charge on any atom is -0.493 e. The first-order valence-corrected chi connectivity index (χ1v) is 11.6. The molecule has 4 unspecified atom stereocenters. The van der Waals surface area contributed by atoms with Gasteiger partial charge >= 0.3 is 5.97 Å². The number of ether oxygens (including phenoxy) is 3. The number of esters is 1. The molecule has 4 rings (SSSR count). The summed E-state index contributed by atoms with van der Waals surface area (Å²) in [6.45, 7) is 8.81. The fourth-order valence-corrected chi connectivity index (χ4v) is 6.64. The molecule has 2 bridgehead atoms. The zero-order valence-corrected chi connectivity index (χ0v) is 20.3. The summed E-state index contributed by atoms with van der Waals surface area (Å²) in [5, 5.41) is 6.08. The van der Waals surface area contributed by atoms with Gasteiger partial charge in [-0.15, -0.1) is 0 Å². The molecule has 7 heteroatoms. The summed E-state index contributed by atoms with van der Waals surface area (Å²) >= 11 is 0. The van der Waals surface area contributed by atoms with Crippen LogP contribution >= 0.6 is 0 Å². The maximum Gasteiger partial charge on any atom is 0.317 e. The first-order valence-electron chi connectivity index (χ1n) is 11.6. The molecule has 2 N–H and O–H groups in total. The molecule has 32 heavy (non-hydrogen) atoms. The number of fused-ring (bicyclic) bond motifs is 1. The number of likely N-dealkylation sites (N-methyl/N-ethyl adjacent to an activating group) is 1. The van der Waals surface area contributed by atoms with Gasteiger partial charge in [0.1, 0.15) is 11.5 Å². The summed E-state index contributed by atoms with van der Waals surface area (Å²) in [5.41, 5.74) is 1.83. The van der Waals surface area contributed by atoms with Crippen molar-refractivity contribution in [3.63, 3.8) is 0 Å². The number of hydrogen-bond donors (Lipinski definition) is 2. The molecule has 176 valence electrons. The summed E-state index contributed by atoms with van der Waals surface area (Å²) in [7, 11) is 5.01. The van der Waals surface area contributed by atoms with Crippen molar-refractivity contribution in [3.8, 4) is 11.5 Å². The Bertz CT molecular complexity index is 941. The van der Waals surface area contributed by atoms with Gasteiger partial charge in [-0.1, -0.05) is 34.1 Å². The monoisotopic (exact) mass is 444 g/mol. The SMILES string of the molecule is CNCC(=O)NC1c2cc(C(C)C)c(OC)c(OC)c2C23CCCC(C)(C)C2C1OC3=O. The van der Waals surface area contributed by atoms with Crippen molar-refractivity contribution in [3.05, 3.63) is 22.8 Å². The normalized spacial score (nSPS) is 29.8. The Balaban J connectivity index is 2.05. The van der Waals surface area contributed by atoms with E-state index in [1.807, 2.05) is 0 Å². The Kier molecular flexibility index (Phi) is 5.68. The van der Waals surface area contributed by atoms with Crippen LogP contribution in [0.1, 0.15) is 75.6 Å². The second-order valence-corrected chi connectivity index (χ2v) is 10.4. The Morgan fingerprint density at radius 3 is 2.50 bits per heavy atom. The van der Waals surface area contributed by atoms with Gasteiger partial charge in [-0.25, -0.2) is 0 Å². The number of nitrogens with one attached hydrogen (secondary N) is 2. The molecular formula is C25H36N2O5. The van der Waals surface area contributed by atoms with E-state index in [0.717, 1.165) is 29.5 Å². The van der Waals surface area contributed by atoms with Crippen molar-refractivity contribution in [2.45, 2.75) is 70.4 Å². The lowest BCUT2D eigenvalue weighted by Crippen LogP contribution is -2.56. The van der Waals surface area contributed by atoms with E-state index in [1.54, 1.807) is 21.3 Å². The highest BCUT2D eigenvalue weighted by molar-refractivity contribution is 5.91. The van der Waals surface area contributed by atoms with Crippen molar-refractivity contribution in [2.75, 3.05) is 27.8 Å². The Morgan fingerprint density at radius 1 is 1.22 bits per heavy atom. The van der Waals surface area contributed by atoms with E-state index in [0.29, 0.717) is 17.9 Å². The standard InChI is InChI=1S/C25H36N2O5/c1-13(2)14-11-15-17(20(31-7)19(14)30-6)25-10-8-9-24(3,4)22(25)21(32-23(25)29)18(15)27-16(28)12-26-5/h11,13,18,21-22,26H,8-10,12H2,1-7H3,(H,27,28). The molecule has 1 aromatic carbocycles. The van der Waals surface area contributed by atoms with Crippen LogP contribution in [0.15, 0.2) is 6.07 Å². The lowest BCUT2D eigenvalue weighted by Gasteiger charge is -2.52. The third-order valence-corrected chi connectivity index (χ3v) is 7.79. The highest BCUT2D eigenvalue weighted by Crippen LogP contribution is 2.66. The van der Waals surface area contributed by atoms with Crippen LogP contribution in [0.2, 0.25) is 0 Å². The average Bonchev–Trinajstić information content (AvgIpc) is 3.00. The second-order valence-electron chi connectivity index (χ2n) is 10.4. The molecule has 1 aromatic rings. The minimum atomic E-state index is -0.792. The predicted octanol–water partition coefficient (Wildman–Crippen LogP) is 3.21. The lowest BCUT2D eigenvalue weighted by molar-refractivity contribution is -0.146. The average molecular weight is 445 g/mol. The van der Waals surface area contributed by atoms with Crippen molar-refractivity contribution in [1.82, 2.24) is 10.6 Å². The van der Waals surface area contributed by atoms with Crippen molar-refractivity contribution in [1.29, 1.82) is 0 Å². The molecule has 0 radical (unpaired) electrons. The van der Waals surface area contributed by atoms with E-state index in [-0.39, 0.29) is 35.7 Å². The van der Waals surface area contributed by atoms with Gasteiger partial charge in [-0.3, -0.25) is 9.59 Å². The number of carbonyl (C=O) groups excluding carboxylic acids is 2. The number of rotatable bonds is 6. The van der Waals surface area contributed by atoms with E-state index in [1.165, 1.54) is 0 Å². The molecule has 2 aliphatic carbocycles. The number of carbonyl (C=O) groups is 2. The molecule has 1 heterocycles. The van der Waals surface area contributed by atoms with Crippen LogP contribution in [-0.2, 0) is 19.7 Å². The first kappa shape index (κ1) is 22.9. The smallest absolute Gasteiger partial charge is 0.317 e. The lowest BCUT2D eigenvalue weighted by atomic mass is 9.49. The fraction of sp³-hybridized carbons (Fsp3) is 0.680. The molecule has 1 amide bonds. The molecule has 1 saturated carbocycles. The molecule has 0 spiro atoms. The van der Waals surface area contributed by atoms with E-state index in [2.05, 4.69) is 44.4 Å². The Hall–Kier alpha value is -2.28. The van der Waals surface area contributed by atoms with Gasteiger partial charge < -0.3 is 24.8 Å². The van der Waals surface area contributed by atoms with Crippen LogP contribution in [0.3, 0.4) is 0 Å². The highest BCUT2D eigenvalue weighted by atomic mass is 16.6. The maximum absolute atomic E-state index is 13.7. The molecule has 1 aliphatic heterocycles. The zero-order valence-electron chi connectivity index (χ0n) is 20.3. The maximum atomic E-state index is 13.7. The number of methoxy groups -OCH3 is 2. The van der Waals surface area contributed by atoms with Gasteiger partial charge in [0.15, 0.2) is 11.5 Å². The van der Waals surface area contributed by atoms with Crippen LogP contribution in [0.25, 0.3) is 0 Å². The second kappa shape index (κ2) is 7.94. The van der Waals surface area contributed by atoms with E-state index in [9.17, 15) is 9.59 Å². The number of benzene rings is 1. The quantitative estimate of drug-likeness (QED) is 0.656. The van der Waals surface area contributed by atoms with Crippen LogP contribution in [-0.4, -0.2) is 45.8 Å². The molecule has 7 nitrogen and oxygen atoms in total. The minimum absolute atomic E-state index is 0.0628. The Morgan fingerprint density at radius 2 is 1.91 bits per heavy atom. The van der Waals surface area contributed by atoms with Crippen LogP contribution in [0.5, 0.6) is 11.5 Å². The molecular weight excluding hydrogens is 408 g/mol.